The molecule has 0 saturated heterocycles. The normalized spacial score (nSPS) is 12.0. The Morgan fingerprint density at radius 3 is 1.14 bits per heavy atom. The Balaban J connectivity index is 0.00000131. The molecule has 0 saturated carbocycles. The van der Waals surface area contributed by atoms with Gasteiger partial charge in [-0.2, -0.15) is 24.6 Å². The minimum absolute atomic E-state index is 0. The van der Waals surface area contributed by atoms with E-state index in [2.05, 4.69) is 278 Å². The number of rotatable bonds is 14. The van der Waals surface area contributed by atoms with Gasteiger partial charge in [-0.1, -0.05) is 187 Å². The molecule has 0 radical (unpaired) electrons. The van der Waals surface area contributed by atoms with Gasteiger partial charge in [0.15, 0.2) is 0 Å². The Kier molecular flexibility index (Phi) is 15.5. The van der Waals surface area contributed by atoms with E-state index in [9.17, 15) is 0 Å². The zero-order chi connectivity index (χ0) is 54.3. The van der Waals surface area contributed by atoms with Crippen LogP contribution in [0.1, 0.15) is 90.7 Å². The van der Waals surface area contributed by atoms with Gasteiger partial charge in [0.2, 0.25) is 0 Å². The van der Waals surface area contributed by atoms with Crippen molar-refractivity contribution < 1.29 is 24.5 Å². The third kappa shape index (κ3) is 9.52. The van der Waals surface area contributed by atoms with Gasteiger partial charge in [-0.25, -0.2) is 0 Å². The summed E-state index contributed by atoms with van der Waals surface area (Å²) in [5, 5.41) is 15.2. The van der Waals surface area contributed by atoms with Crippen molar-refractivity contribution in [1.29, 1.82) is 0 Å². The Morgan fingerprint density at radius 1 is 0.400 bits per heavy atom. The first-order valence-electron chi connectivity index (χ1n) is 28.5. The van der Waals surface area contributed by atoms with E-state index in [1.807, 2.05) is 12.1 Å². The van der Waals surface area contributed by atoms with Crippen LogP contribution in [0.25, 0.3) is 86.9 Å². The van der Waals surface area contributed by atoms with E-state index in [0.717, 1.165) is 52.7 Å². The van der Waals surface area contributed by atoms with Gasteiger partial charge in [-0.3, -0.25) is 0 Å². The van der Waals surface area contributed by atoms with Gasteiger partial charge in [0.25, 0.3) is 0 Å². The van der Waals surface area contributed by atoms with E-state index < -0.39 is 0 Å². The van der Waals surface area contributed by atoms with Crippen LogP contribution in [-0.4, -0.2) is 6.10 Å². The summed E-state index contributed by atoms with van der Waals surface area (Å²) in [5.41, 5.74) is 14.3. The van der Waals surface area contributed by atoms with Crippen molar-refractivity contribution in [3.63, 3.8) is 0 Å². The van der Waals surface area contributed by atoms with Crippen LogP contribution < -0.4 is 14.5 Å². The van der Waals surface area contributed by atoms with Crippen LogP contribution in [0.5, 0.6) is 5.75 Å². The zero-order valence-electron chi connectivity index (χ0n) is 47.0. The summed E-state index contributed by atoms with van der Waals surface area (Å²) in [6.45, 7) is 19.0. The Labute approximate surface area is 486 Å². The molecule has 13 rings (SSSR count). The average Bonchev–Trinajstić information content (AvgIpc) is 4.12. The molecule has 0 bridgehead atoms. The molecule has 3 nitrogen and oxygen atoms in total. The number of fused-ring (bicyclic) bond motifs is 6. The van der Waals surface area contributed by atoms with Crippen LogP contribution in [0.4, 0.5) is 34.1 Å². The first kappa shape index (κ1) is 54.0. The first-order chi connectivity index (χ1) is 38.7. The number of ether oxygens (including phenoxy) is 1. The third-order valence-corrected chi connectivity index (χ3v) is 16.2. The van der Waals surface area contributed by atoms with Gasteiger partial charge in [-0.05, 0) is 173 Å². The molecule has 1 unspecified atom stereocenters. The Morgan fingerprint density at radius 2 is 0.762 bits per heavy atom. The minimum Gasteiger partial charge on any atom is -0.491 e. The van der Waals surface area contributed by atoms with E-state index in [0.29, 0.717) is 11.8 Å². The summed E-state index contributed by atoms with van der Waals surface area (Å²) in [4.78, 5) is 4.86. The summed E-state index contributed by atoms with van der Waals surface area (Å²) < 4.78 is 6.31. The molecule has 0 amide bonds. The summed E-state index contributed by atoms with van der Waals surface area (Å²) in [5.74, 6) is 1.75. The van der Waals surface area contributed by atoms with E-state index >= 15 is 0 Å². The largest absolute Gasteiger partial charge is 2.00 e. The van der Waals surface area contributed by atoms with Gasteiger partial charge >= 0.3 is 19.8 Å². The second-order valence-electron chi connectivity index (χ2n) is 21.8. The maximum absolute atomic E-state index is 6.31. The van der Waals surface area contributed by atoms with Gasteiger partial charge in [0.1, 0.15) is 5.75 Å². The molecule has 80 heavy (non-hydrogen) atoms. The topological polar surface area (TPSA) is 15.7 Å². The standard InChI is InChI=1S/C72H59N2O.C4H9.Os/c1-7-47(6)75-56-39-37-55(38-40-56)74(54-35-31-49(32-36-54)46(4)5)64-44-42-62-68-58(64)26-18-28-60(68)70-65(50-19-11-8-12-20-50)69-59-27-17-25-57-63(73(52-23-15-10-16-24-52)53-33-29-48(30-34-53)45(2)3)43-41-61(67(57)59)71(69)66(72(62)70)51-21-13-9-14-22-51;1-3-4-2;/h8-9,11-47H,7H2,1-6H3;1,3-4H2,2H3;/q2*-1;+2. The molecule has 0 aliphatic carbocycles. The van der Waals surface area contributed by atoms with Crippen molar-refractivity contribution in [3.8, 4) is 28.0 Å². The van der Waals surface area contributed by atoms with Crippen molar-refractivity contribution in [2.45, 2.75) is 85.7 Å². The Bertz CT molecular complexity index is 4110. The molecule has 0 heterocycles. The van der Waals surface area contributed by atoms with Crippen molar-refractivity contribution in [1.82, 2.24) is 0 Å². The molecule has 1 atom stereocenters. The fourth-order valence-corrected chi connectivity index (χ4v) is 12.0. The predicted molar refractivity (Wildman–Crippen MR) is 342 cm³/mol. The molecule has 0 aliphatic heterocycles. The SMILES string of the molecule is CCC(C)Oc1ccc(N(c2ccc(C(C)C)cc2)c2ccc3c4c(-c5ccccc5)c5c6ccc(N(c7cc[c-]cc7)c7ccc(C(C)C)cc7)c7cccc(c5c(-c5ccccc5)c4c4cccc2c43)c76)cc1.[CH2-]CCC.[Os+2]. The summed E-state index contributed by atoms with van der Waals surface area (Å²) in [6, 6.07) is 84.4. The second-order valence-corrected chi connectivity index (χ2v) is 21.8. The quantitative estimate of drug-likeness (QED) is 0.101. The third-order valence-electron chi connectivity index (χ3n) is 16.2. The molecular formula is C76H68N2OOs. The van der Waals surface area contributed by atoms with Crippen molar-refractivity contribution >= 4 is 98.8 Å². The van der Waals surface area contributed by atoms with E-state index in [1.165, 1.54) is 104 Å². The summed E-state index contributed by atoms with van der Waals surface area (Å²) in [6.07, 6.45) is 3.36. The molecular weight excluding hydrogens is 1150 g/mol. The van der Waals surface area contributed by atoms with Crippen LogP contribution >= 0.6 is 0 Å². The Hall–Kier alpha value is -8.02. The molecule has 0 spiro atoms. The molecule has 13 aromatic rings. The molecule has 0 aromatic heterocycles. The summed E-state index contributed by atoms with van der Waals surface area (Å²) >= 11 is 0. The van der Waals surface area contributed by atoms with E-state index in [-0.39, 0.29) is 25.9 Å². The fourth-order valence-electron chi connectivity index (χ4n) is 12.0. The van der Waals surface area contributed by atoms with E-state index in [1.54, 1.807) is 0 Å². The molecule has 13 aromatic carbocycles. The number of hydrogen-bond acceptors (Lipinski definition) is 3. The van der Waals surface area contributed by atoms with E-state index in [4.69, 9.17) is 4.74 Å². The minimum atomic E-state index is 0. The van der Waals surface area contributed by atoms with Crippen LogP contribution in [0.15, 0.2) is 218 Å². The first-order valence-corrected chi connectivity index (χ1v) is 28.5. The van der Waals surface area contributed by atoms with Crippen molar-refractivity contribution in [2.75, 3.05) is 9.80 Å². The maximum atomic E-state index is 6.31. The van der Waals surface area contributed by atoms with Gasteiger partial charge < -0.3 is 21.5 Å². The number of unbranched alkanes of at least 4 members (excludes halogenated alkanes) is 1. The maximum Gasteiger partial charge on any atom is 2.00 e. The smallest absolute Gasteiger partial charge is 0.491 e. The molecule has 0 aliphatic rings. The second kappa shape index (κ2) is 23.0. The molecule has 0 fully saturated rings. The van der Waals surface area contributed by atoms with Gasteiger partial charge in [0.05, 0.1) is 17.5 Å². The number of benzene rings is 11. The van der Waals surface area contributed by atoms with Gasteiger partial charge in [-0.15, -0.1) is 12.1 Å². The zero-order valence-corrected chi connectivity index (χ0v) is 49.5. The van der Waals surface area contributed by atoms with Crippen LogP contribution in [0.3, 0.4) is 0 Å². The predicted octanol–water partition coefficient (Wildman–Crippen LogP) is 22.6. The van der Waals surface area contributed by atoms with Crippen LogP contribution in [0.2, 0.25) is 0 Å². The molecule has 396 valence electrons. The van der Waals surface area contributed by atoms with Crippen LogP contribution in [-0.2, 0) is 19.8 Å². The average molecular weight is 1220 g/mol. The molecule has 4 heteroatoms. The number of nitrogens with zero attached hydrogens (tertiary/aromatic N) is 2. The van der Waals surface area contributed by atoms with Crippen molar-refractivity contribution in [3.05, 3.63) is 243 Å². The van der Waals surface area contributed by atoms with Crippen molar-refractivity contribution in [2.24, 2.45) is 0 Å². The summed E-state index contributed by atoms with van der Waals surface area (Å²) in [7, 11) is 0. The molecule has 0 N–H and O–H groups in total. The number of hydrogen-bond donors (Lipinski definition) is 0. The number of anilines is 6. The van der Waals surface area contributed by atoms with Gasteiger partial charge in [0, 0.05) is 27.8 Å². The monoisotopic (exact) mass is 1220 g/mol. The van der Waals surface area contributed by atoms with Crippen LogP contribution in [0, 0.1) is 13.0 Å². The fraction of sp³-hybridized carbons (Fsp3) is 0.171.